The molecule has 0 aliphatic carbocycles. The van der Waals surface area contributed by atoms with Crippen molar-refractivity contribution in [3.63, 3.8) is 0 Å². The summed E-state index contributed by atoms with van der Waals surface area (Å²) in [6.07, 6.45) is 4.55. The van der Waals surface area contributed by atoms with Crippen molar-refractivity contribution in [1.29, 1.82) is 0 Å². The zero-order chi connectivity index (χ0) is 15.8. The van der Waals surface area contributed by atoms with Gasteiger partial charge in [-0.1, -0.05) is 42.1 Å². The summed E-state index contributed by atoms with van der Waals surface area (Å²) in [7, 11) is 0. The van der Waals surface area contributed by atoms with Gasteiger partial charge in [-0.3, -0.25) is 4.79 Å². The fourth-order valence-corrected chi connectivity index (χ4v) is 2.25. The summed E-state index contributed by atoms with van der Waals surface area (Å²) in [6.45, 7) is 2.96. The normalized spacial score (nSPS) is 10.6. The number of nitrogens with zero attached hydrogens (tertiary/aromatic N) is 4. The second-order valence-corrected chi connectivity index (χ2v) is 5.98. The van der Waals surface area contributed by atoms with E-state index in [1.165, 1.54) is 17.6 Å². The molecule has 0 saturated carbocycles. The predicted molar refractivity (Wildman–Crippen MR) is 88.1 cm³/mol. The van der Waals surface area contributed by atoms with Crippen molar-refractivity contribution in [1.82, 2.24) is 25.5 Å². The molecule has 2 rings (SSSR count). The predicted octanol–water partition coefficient (Wildman–Crippen LogP) is 2.80. The van der Waals surface area contributed by atoms with Crippen LogP contribution in [-0.4, -0.2) is 32.7 Å². The van der Waals surface area contributed by atoms with E-state index < -0.39 is 0 Å². The van der Waals surface area contributed by atoms with E-state index in [9.17, 15) is 4.79 Å². The first kappa shape index (κ1) is 16.6. The van der Waals surface area contributed by atoms with Crippen LogP contribution in [0, 0.1) is 0 Å². The van der Waals surface area contributed by atoms with E-state index in [1.54, 1.807) is 0 Å². The maximum atomic E-state index is 11.8. The summed E-state index contributed by atoms with van der Waals surface area (Å²) in [4.78, 5) is 13.1. The molecule has 0 aliphatic heterocycles. The molecular weight excluding hydrogens is 346 g/mol. The summed E-state index contributed by atoms with van der Waals surface area (Å²) in [5, 5.41) is 15.0. The molecular formula is C15H20BrN5O. The number of unbranched alkanes of at least 4 members (excludes halogenated alkanes) is 3. The topological polar surface area (TPSA) is 72.7 Å². The number of halogens is 1. The fourth-order valence-electron chi connectivity index (χ4n) is 1.99. The first-order valence-corrected chi connectivity index (χ1v) is 8.29. The van der Waals surface area contributed by atoms with Crippen LogP contribution >= 0.6 is 15.9 Å². The maximum Gasteiger partial charge on any atom is 0.243 e. The average molecular weight is 366 g/mol. The van der Waals surface area contributed by atoms with E-state index >= 15 is 0 Å². The van der Waals surface area contributed by atoms with Crippen LogP contribution in [0.4, 0.5) is 0 Å². The van der Waals surface area contributed by atoms with Crippen molar-refractivity contribution >= 4 is 21.8 Å². The molecule has 2 aromatic rings. The van der Waals surface area contributed by atoms with Gasteiger partial charge in [0.15, 0.2) is 0 Å². The molecule has 0 atom stereocenters. The van der Waals surface area contributed by atoms with E-state index in [4.69, 9.17) is 0 Å². The minimum Gasteiger partial charge on any atom is -0.354 e. The molecule has 7 heteroatoms. The Bertz CT molecular complexity index is 596. The van der Waals surface area contributed by atoms with E-state index in [-0.39, 0.29) is 12.5 Å². The number of tetrazole rings is 1. The lowest BCUT2D eigenvalue weighted by atomic mass is 10.2. The highest BCUT2D eigenvalue weighted by atomic mass is 79.9. The van der Waals surface area contributed by atoms with Gasteiger partial charge >= 0.3 is 0 Å². The average Bonchev–Trinajstić information content (AvgIpc) is 2.96. The SMILES string of the molecule is CCCCCCNC(=O)Cn1nnc(-c2ccc(Br)cc2)n1. The summed E-state index contributed by atoms with van der Waals surface area (Å²) in [6, 6.07) is 7.64. The van der Waals surface area contributed by atoms with Crippen molar-refractivity contribution in [2.75, 3.05) is 6.54 Å². The number of benzene rings is 1. The number of carbonyl (C=O) groups excluding carboxylic acids is 1. The van der Waals surface area contributed by atoms with Gasteiger partial charge in [-0.25, -0.2) is 0 Å². The summed E-state index contributed by atoms with van der Waals surface area (Å²) >= 11 is 3.38. The summed E-state index contributed by atoms with van der Waals surface area (Å²) in [5.41, 5.74) is 0.870. The highest BCUT2D eigenvalue weighted by molar-refractivity contribution is 9.10. The molecule has 1 aromatic heterocycles. The second-order valence-electron chi connectivity index (χ2n) is 5.06. The van der Waals surface area contributed by atoms with Crippen LogP contribution in [0.25, 0.3) is 11.4 Å². The molecule has 0 saturated heterocycles. The number of nitrogens with one attached hydrogen (secondary N) is 1. The third-order valence-corrected chi connectivity index (χ3v) is 3.72. The number of carbonyl (C=O) groups is 1. The van der Waals surface area contributed by atoms with Crippen LogP contribution in [0.3, 0.4) is 0 Å². The molecule has 0 bridgehead atoms. The molecule has 1 heterocycles. The molecule has 1 amide bonds. The van der Waals surface area contributed by atoms with Gasteiger partial charge in [0.25, 0.3) is 0 Å². The highest BCUT2D eigenvalue weighted by Gasteiger charge is 2.08. The van der Waals surface area contributed by atoms with Gasteiger partial charge in [0.2, 0.25) is 11.7 Å². The smallest absolute Gasteiger partial charge is 0.243 e. The zero-order valence-corrected chi connectivity index (χ0v) is 14.2. The second kappa shape index (κ2) is 8.63. The maximum absolute atomic E-state index is 11.8. The molecule has 118 valence electrons. The van der Waals surface area contributed by atoms with E-state index in [1.807, 2.05) is 24.3 Å². The van der Waals surface area contributed by atoms with Crippen LogP contribution in [0.1, 0.15) is 32.6 Å². The number of rotatable bonds is 8. The number of hydrogen-bond donors (Lipinski definition) is 1. The Morgan fingerprint density at radius 3 is 2.73 bits per heavy atom. The summed E-state index contributed by atoms with van der Waals surface area (Å²) in [5.74, 6) is 0.430. The number of hydrogen-bond acceptors (Lipinski definition) is 4. The van der Waals surface area contributed by atoms with E-state index in [0.717, 1.165) is 22.9 Å². The number of amides is 1. The molecule has 22 heavy (non-hydrogen) atoms. The van der Waals surface area contributed by atoms with Crippen molar-refractivity contribution in [3.05, 3.63) is 28.7 Å². The summed E-state index contributed by atoms with van der Waals surface area (Å²) < 4.78 is 0.992. The Labute approximate surface area is 138 Å². The van der Waals surface area contributed by atoms with Gasteiger partial charge in [-0.15, -0.1) is 10.2 Å². The van der Waals surface area contributed by atoms with Crippen LogP contribution in [-0.2, 0) is 11.3 Å². The monoisotopic (exact) mass is 365 g/mol. The highest BCUT2D eigenvalue weighted by Crippen LogP contribution is 2.17. The standard InChI is InChI=1S/C15H20BrN5O/c1-2-3-4-5-10-17-14(22)11-21-19-15(18-20-21)12-6-8-13(16)9-7-12/h6-9H,2-5,10-11H2,1H3,(H,17,22). The lowest BCUT2D eigenvalue weighted by molar-refractivity contribution is -0.122. The van der Waals surface area contributed by atoms with Crippen molar-refractivity contribution in [3.8, 4) is 11.4 Å². The van der Waals surface area contributed by atoms with Gasteiger partial charge in [0.05, 0.1) is 0 Å². The minimum absolute atomic E-state index is 0.0868. The lowest BCUT2D eigenvalue weighted by Gasteiger charge is -2.03. The molecule has 6 nitrogen and oxygen atoms in total. The Morgan fingerprint density at radius 1 is 1.23 bits per heavy atom. The first-order chi connectivity index (χ1) is 10.7. The van der Waals surface area contributed by atoms with Crippen LogP contribution in [0.5, 0.6) is 0 Å². The Hall–Kier alpha value is -1.76. The molecule has 1 N–H and O–H groups in total. The van der Waals surface area contributed by atoms with E-state index in [2.05, 4.69) is 43.6 Å². The zero-order valence-electron chi connectivity index (χ0n) is 12.6. The van der Waals surface area contributed by atoms with Gasteiger partial charge in [-0.05, 0) is 35.9 Å². The third kappa shape index (κ3) is 5.22. The molecule has 0 fully saturated rings. The Balaban J connectivity index is 1.81. The minimum atomic E-state index is -0.0868. The van der Waals surface area contributed by atoms with Gasteiger partial charge in [0.1, 0.15) is 6.54 Å². The van der Waals surface area contributed by atoms with Gasteiger partial charge in [0, 0.05) is 16.6 Å². The fraction of sp³-hybridized carbons (Fsp3) is 0.467. The van der Waals surface area contributed by atoms with E-state index in [0.29, 0.717) is 12.4 Å². The van der Waals surface area contributed by atoms with Crippen LogP contribution < -0.4 is 5.32 Å². The molecule has 0 unspecified atom stereocenters. The molecule has 0 radical (unpaired) electrons. The first-order valence-electron chi connectivity index (χ1n) is 7.49. The third-order valence-electron chi connectivity index (χ3n) is 3.19. The number of aromatic nitrogens is 4. The largest absolute Gasteiger partial charge is 0.354 e. The molecule has 1 aromatic carbocycles. The van der Waals surface area contributed by atoms with Gasteiger partial charge in [-0.2, -0.15) is 4.80 Å². The van der Waals surface area contributed by atoms with Crippen molar-refractivity contribution in [2.24, 2.45) is 0 Å². The van der Waals surface area contributed by atoms with Crippen molar-refractivity contribution in [2.45, 2.75) is 39.2 Å². The Kier molecular flexibility index (Phi) is 6.51. The lowest BCUT2D eigenvalue weighted by Crippen LogP contribution is -2.29. The molecule has 0 spiro atoms. The van der Waals surface area contributed by atoms with Gasteiger partial charge < -0.3 is 5.32 Å². The quantitative estimate of drug-likeness (QED) is 0.730. The molecule has 0 aliphatic rings. The van der Waals surface area contributed by atoms with Crippen LogP contribution in [0.15, 0.2) is 28.7 Å². The Morgan fingerprint density at radius 2 is 2.00 bits per heavy atom. The van der Waals surface area contributed by atoms with Crippen LogP contribution in [0.2, 0.25) is 0 Å². The van der Waals surface area contributed by atoms with Crippen molar-refractivity contribution < 1.29 is 4.79 Å².